The molecule has 3 rings (SSSR count). The van der Waals surface area contributed by atoms with Crippen molar-refractivity contribution >= 4 is 37.5 Å². The van der Waals surface area contributed by atoms with Crippen LogP contribution in [-0.4, -0.2) is 39.4 Å². The Morgan fingerprint density at radius 2 is 1.76 bits per heavy atom. The Morgan fingerprint density at radius 1 is 1.07 bits per heavy atom. The van der Waals surface area contributed by atoms with Crippen LogP contribution in [0.1, 0.15) is 41.6 Å². The SMILES string of the molecule is COc1ccc(S(=O)(=O)Nc2ccc(Br)c(C)c2)cc1C(=O)N1CCCCCC1. The van der Waals surface area contributed by atoms with Gasteiger partial charge in [-0.3, -0.25) is 9.52 Å². The van der Waals surface area contributed by atoms with Crippen molar-refractivity contribution in [3.8, 4) is 5.75 Å². The third-order valence-electron chi connectivity index (χ3n) is 5.02. The number of amides is 1. The van der Waals surface area contributed by atoms with E-state index in [2.05, 4.69) is 20.7 Å². The Balaban J connectivity index is 1.92. The maximum Gasteiger partial charge on any atom is 0.261 e. The number of carbonyl (C=O) groups excluding carboxylic acids is 1. The molecule has 2 aromatic rings. The molecule has 0 bridgehead atoms. The number of hydrogen-bond donors (Lipinski definition) is 1. The van der Waals surface area contributed by atoms with E-state index >= 15 is 0 Å². The third-order valence-corrected chi connectivity index (χ3v) is 7.28. The van der Waals surface area contributed by atoms with Gasteiger partial charge in [-0.05, 0) is 61.7 Å². The van der Waals surface area contributed by atoms with E-state index in [1.54, 1.807) is 23.1 Å². The second-order valence-electron chi connectivity index (χ2n) is 7.14. The van der Waals surface area contributed by atoms with E-state index in [1.165, 1.54) is 25.3 Å². The Hall–Kier alpha value is -2.06. The summed E-state index contributed by atoms with van der Waals surface area (Å²) in [5.74, 6) is 0.179. The summed E-state index contributed by atoms with van der Waals surface area (Å²) in [6.45, 7) is 3.23. The number of aryl methyl sites for hydroxylation is 1. The van der Waals surface area contributed by atoms with Crippen LogP contribution in [0.25, 0.3) is 0 Å². The number of methoxy groups -OCH3 is 1. The minimum Gasteiger partial charge on any atom is -0.496 e. The van der Waals surface area contributed by atoms with Crippen LogP contribution in [0.5, 0.6) is 5.75 Å². The second-order valence-corrected chi connectivity index (χ2v) is 9.67. The highest BCUT2D eigenvalue weighted by Crippen LogP contribution is 2.27. The second kappa shape index (κ2) is 9.17. The number of nitrogens with zero attached hydrogens (tertiary/aromatic N) is 1. The van der Waals surface area contributed by atoms with E-state index in [9.17, 15) is 13.2 Å². The number of nitrogens with one attached hydrogen (secondary N) is 1. The molecule has 6 nitrogen and oxygen atoms in total. The molecular weight excluding hydrogens is 456 g/mol. The zero-order valence-electron chi connectivity index (χ0n) is 16.6. The molecule has 1 fully saturated rings. The number of rotatable bonds is 5. The molecule has 1 saturated heterocycles. The molecule has 1 aliphatic rings. The van der Waals surface area contributed by atoms with Crippen molar-refractivity contribution in [2.75, 3.05) is 24.9 Å². The maximum atomic E-state index is 13.1. The molecule has 0 saturated carbocycles. The fraction of sp³-hybridized carbons (Fsp3) is 0.381. The molecule has 1 N–H and O–H groups in total. The van der Waals surface area contributed by atoms with Gasteiger partial charge in [0.1, 0.15) is 5.75 Å². The zero-order chi connectivity index (χ0) is 21.0. The van der Waals surface area contributed by atoms with E-state index in [0.717, 1.165) is 35.7 Å². The van der Waals surface area contributed by atoms with Gasteiger partial charge in [0.15, 0.2) is 0 Å². The lowest BCUT2D eigenvalue weighted by atomic mass is 10.1. The highest BCUT2D eigenvalue weighted by atomic mass is 79.9. The van der Waals surface area contributed by atoms with Gasteiger partial charge < -0.3 is 9.64 Å². The topological polar surface area (TPSA) is 75.7 Å². The van der Waals surface area contributed by atoms with Crippen molar-refractivity contribution in [1.29, 1.82) is 0 Å². The number of ether oxygens (including phenoxy) is 1. The first-order valence-electron chi connectivity index (χ1n) is 9.58. The molecule has 0 spiro atoms. The van der Waals surface area contributed by atoms with Crippen LogP contribution in [0, 0.1) is 6.92 Å². The first-order valence-corrected chi connectivity index (χ1v) is 11.9. The highest BCUT2D eigenvalue weighted by Gasteiger charge is 2.24. The summed E-state index contributed by atoms with van der Waals surface area (Å²) in [7, 11) is -2.38. The zero-order valence-corrected chi connectivity index (χ0v) is 19.0. The normalized spacial score (nSPS) is 14.9. The summed E-state index contributed by atoms with van der Waals surface area (Å²) in [6, 6.07) is 9.60. The Bertz CT molecular complexity index is 1000. The average molecular weight is 481 g/mol. The van der Waals surface area contributed by atoms with Gasteiger partial charge in [0.25, 0.3) is 15.9 Å². The highest BCUT2D eigenvalue weighted by molar-refractivity contribution is 9.10. The lowest BCUT2D eigenvalue weighted by Crippen LogP contribution is -2.32. The first kappa shape index (κ1) is 21.6. The van der Waals surface area contributed by atoms with Crippen LogP contribution < -0.4 is 9.46 Å². The van der Waals surface area contributed by atoms with E-state index in [-0.39, 0.29) is 16.4 Å². The monoisotopic (exact) mass is 480 g/mol. The van der Waals surface area contributed by atoms with Crippen LogP contribution in [0.4, 0.5) is 5.69 Å². The van der Waals surface area contributed by atoms with Crippen LogP contribution >= 0.6 is 15.9 Å². The Morgan fingerprint density at radius 3 is 2.38 bits per heavy atom. The summed E-state index contributed by atoms with van der Waals surface area (Å²) in [4.78, 5) is 14.9. The van der Waals surface area contributed by atoms with Gasteiger partial charge in [-0.15, -0.1) is 0 Å². The minimum atomic E-state index is -3.85. The quantitative estimate of drug-likeness (QED) is 0.678. The molecule has 0 aromatic heterocycles. The van der Waals surface area contributed by atoms with Crippen molar-refractivity contribution in [3.05, 3.63) is 52.0 Å². The third kappa shape index (κ3) is 5.11. The summed E-state index contributed by atoms with van der Waals surface area (Å²) < 4.78 is 34.6. The lowest BCUT2D eigenvalue weighted by molar-refractivity contribution is 0.0758. The molecular formula is C21H25BrN2O4S. The van der Waals surface area contributed by atoms with Gasteiger partial charge in [0.05, 0.1) is 17.6 Å². The maximum absolute atomic E-state index is 13.1. The molecule has 0 radical (unpaired) electrons. The standard InChI is InChI=1S/C21H25BrN2O4S/c1-15-13-16(7-9-19(15)22)23-29(26,27)17-8-10-20(28-2)18(14-17)21(25)24-11-5-3-4-6-12-24/h7-10,13-14,23H,3-6,11-12H2,1-2H3. The molecule has 1 aliphatic heterocycles. The van der Waals surface area contributed by atoms with Gasteiger partial charge in [0.2, 0.25) is 0 Å². The number of benzene rings is 2. The van der Waals surface area contributed by atoms with Gasteiger partial charge in [-0.25, -0.2) is 8.42 Å². The van der Waals surface area contributed by atoms with Crippen LogP contribution in [-0.2, 0) is 10.0 Å². The average Bonchev–Trinajstić information content (AvgIpc) is 2.99. The van der Waals surface area contributed by atoms with Crippen molar-refractivity contribution in [1.82, 2.24) is 4.90 Å². The van der Waals surface area contributed by atoms with Gasteiger partial charge in [-0.2, -0.15) is 0 Å². The van der Waals surface area contributed by atoms with E-state index in [0.29, 0.717) is 24.5 Å². The molecule has 0 aliphatic carbocycles. The van der Waals surface area contributed by atoms with E-state index in [4.69, 9.17) is 4.74 Å². The Labute approximate surface area is 180 Å². The minimum absolute atomic E-state index is 0.0250. The summed E-state index contributed by atoms with van der Waals surface area (Å²) in [5.41, 5.74) is 1.64. The number of hydrogen-bond acceptors (Lipinski definition) is 4. The predicted molar refractivity (Wildman–Crippen MR) is 117 cm³/mol. The van der Waals surface area contributed by atoms with Gasteiger partial charge >= 0.3 is 0 Å². The van der Waals surface area contributed by atoms with Gasteiger partial charge in [-0.1, -0.05) is 28.8 Å². The first-order chi connectivity index (χ1) is 13.8. The molecule has 1 heterocycles. The fourth-order valence-electron chi connectivity index (χ4n) is 3.39. The molecule has 2 aromatic carbocycles. The molecule has 0 atom stereocenters. The van der Waals surface area contributed by atoms with Crippen LogP contribution in [0.15, 0.2) is 45.8 Å². The predicted octanol–water partition coefficient (Wildman–Crippen LogP) is 4.58. The van der Waals surface area contributed by atoms with E-state index in [1.807, 2.05) is 6.92 Å². The number of likely N-dealkylation sites (tertiary alicyclic amines) is 1. The van der Waals surface area contributed by atoms with E-state index < -0.39 is 10.0 Å². The lowest BCUT2D eigenvalue weighted by Gasteiger charge is -2.22. The number of halogens is 1. The summed E-state index contributed by atoms with van der Waals surface area (Å²) in [6.07, 6.45) is 4.12. The van der Waals surface area contributed by atoms with Crippen molar-refractivity contribution in [2.24, 2.45) is 0 Å². The Kier molecular flexibility index (Phi) is 6.85. The largest absolute Gasteiger partial charge is 0.496 e. The van der Waals surface area contributed by atoms with Gasteiger partial charge in [0, 0.05) is 23.2 Å². The van der Waals surface area contributed by atoms with Crippen molar-refractivity contribution in [2.45, 2.75) is 37.5 Å². The number of carbonyl (C=O) groups is 1. The molecule has 29 heavy (non-hydrogen) atoms. The number of anilines is 1. The number of sulfonamides is 1. The van der Waals surface area contributed by atoms with Crippen molar-refractivity contribution in [3.63, 3.8) is 0 Å². The van der Waals surface area contributed by atoms with Crippen molar-refractivity contribution < 1.29 is 17.9 Å². The molecule has 156 valence electrons. The summed E-state index contributed by atoms with van der Waals surface area (Å²) in [5, 5.41) is 0. The molecule has 0 unspecified atom stereocenters. The summed E-state index contributed by atoms with van der Waals surface area (Å²) >= 11 is 3.41. The fourth-order valence-corrected chi connectivity index (χ4v) is 4.71. The van der Waals surface area contributed by atoms with Crippen LogP contribution in [0.2, 0.25) is 0 Å². The smallest absolute Gasteiger partial charge is 0.261 e. The molecule has 1 amide bonds. The van der Waals surface area contributed by atoms with Crippen LogP contribution in [0.3, 0.4) is 0 Å². The molecule has 8 heteroatoms.